The number of hydrogen-bond donors (Lipinski definition) is 2. The third-order valence-corrected chi connectivity index (χ3v) is 2.20. The predicted octanol–water partition coefficient (Wildman–Crippen LogP) is 0.432. The number of para-hydroxylation sites is 2. The standard InChI is InChI=1S/C10H9N3O3/c14-9-6-13(10(15)5-11-16)8-4-2-1-3-7(8)12-9/h1-5,16H,6H2,(H,12,14). The van der Waals surface area contributed by atoms with Crippen molar-refractivity contribution in [1.29, 1.82) is 0 Å². The molecular formula is C10H9N3O3. The van der Waals surface area contributed by atoms with Crippen molar-refractivity contribution >= 4 is 29.4 Å². The van der Waals surface area contributed by atoms with Crippen molar-refractivity contribution in [1.82, 2.24) is 0 Å². The van der Waals surface area contributed by atoms with Crippen LogP contribution in [0.3, 0.4) is 0 Å². The molecule has 0 unspecified atom stereocenters. The van der Waals surface area contributed by atoms with E-state index < -0.39 is 5.91 Å². The molecule has 0 saturated carbocycles. The molecule has 1 aromatic carbocycles. The first-order chi connectivity index (χ1) is 7.72. The number of carbonyl (C=O) groups is 2. The third-order valence-electron chi connectivity index (χ3n) is 2.20. The molecule has 1 aromatic rings. The monoisotopic (exact) mass is 219 g/mol. The van der Waals surface area contributed by atoms with Gasteiger partial charge in [-0.25, -0.2) is 0 Å². The number of carbonyl (C=O) groups excluding carboxylic acids is 2. The number of hydrogen-bond acceptors (Lipinski definition) is 4. The summed E-state index contributed by atoms with van der Waals surface area (Å²) in [5.41, 5.74) is 1.16. The molecule has 0 saturated heterocycles. The van der Waals surface area contributed by atoms with Gasteiger partial charge in [0.05, 0.1) is 11.4 Å². The van der Waals surface area contributed by atoms with E-state index in [1.807, 2.05) is 0 Å². The molecule has 0 aliphatic carbocycles. The molecule has 6 heteroatoms. The van der Waals surface area contributed by atoms with E-state index in [-0.39, 0.29) is 12.5 Å². The molecule has 16 heavy (non-hydrogen) atoms. The van der Waals surface area contributed by atoms with Crippen molar-refractivity contribution in [2.75, 3.05) is 16.8 Å². The van der Waals surface area contributed by atoms with Crippen LogP contribution in [-0.4, -0.2) is 29.8 Å². The second-order valence-electron chi connectivity index (χ2n) is 3.23. The van der Waals surface area contributed by atoms with Gasteiger partial charge in [-0.1, -0.05) is 17.3 Å². The maximum absolute atomic E-state index is 11.5. The van der Waals surface area contributed by atoms with Crippen LogP contribution < -0.4 is 10.2 Å². The van der Waals surface area contributed by atoms with Crippen LogP contribution in [0.25, 0.3) is 0 Å². The summed E-state index contributed by atoms with van der Waals surface area (Å²) in [4.78, 5) is 24.1. The van der Waals surface area contributed by atoms with Gasteiger partial charge >= 0.3 is 0 Å². The number of anilines is 2. The van der Waals surface area contributed by atoms with E-state index in [0.717, 1.165) is 6.21 Å². The Labute approximate surface area is 91.2 Å². The second-order valence-corrected chi connectivity index (χ2v) is 3.23. The summed E-state index contributed by atoms with van der Waals surface area (Å²) in [5, 5.41) is 13.6. The van der Waals surface area contributed by atoms with Gasteiger partial charge in [-0.2, -0.15) is 0 Å². The molecular weight excluding hydrogens is 210 g/mol. The smallest absolute Gasteiger partial charge is 0.273 e. The summed E-state index contributed by atoms with van der Waals surface area (Å²) in [6.45, 7) is -0.0815. The maximum atomic E-state index is 11.5. The number of nitrogens with one attached hydrogen (secondary N) is 1. The molecule has 2 N–H and O–H groups in total. The van der Waals surface area contributed by atoms with Gasteiger partial charge < -0.3 is 10.5 Å². The van der Waals surface area contributed by atoms with Gasteiger partial charge in [-0.15, -0.1) is 0 Å². The Balaban J connectivity index is 2.41. The van der Waals surface area contributed by atoms with Crippen LogP contribution in [-0.2, 0) is 9.59 Å². The molecule has 1 aliphatic rings. The summed E-state index contributed by atoms with van der Waals surface area (Å²) in [6.07, 6.45) is 0.759. The highest BCUT2D eigenvalue weighted by molar-refractivity contribution is 6.34. The van der Waals surface area contributed by atoms with Crippen LogP contribution in [0, 0.1) is 0 Å². The highest BCUT2D eigenvalue weighted by Gasteiger charge is 2.25. The summed E-state index contributed by atoms with van der Waals surface area (Å²) in [5.74, 6) is -0.816. The van der Waals surface area contributed by atoms with E-state index in [9.17, 15) is 9.59 Å². The summed E-state index contributed by atoms with van der Waals surface area (Å²) in [7, 11) is 0. The average Bonchev–Trinajstić information content (AvgIpc) is 2.28. The molecule has 0 fully saturated rings. The first-order valence-electron chi connectivity index (χ1n) is 4.60. The number of rotatable bonds is 1. The van der Waals surface area contributed by atoms with Gasteiger partial charge in [0.1, 0.15) is 12.8 Å². The molecule has 0 atom stereocenters. The number of amides is 2. The van der Waals surface area contributed by atoms with Gasteiger partial charge in [-0.3, -0.25) is 14.5 Å². The van der Waals surface area contributed by atoms with E-state index in [0.29, 0.717) is 11.4 Å². The zero-order chi connectivity index (χ0) is 11.5. The van der Waals surface area contributed by atoms with Gasteiger partial charge in [0.15, 0.2) is 0 Å². The Kier molecular flexibility index (Phi) is 2.55. The Morgan fingerprint density at radius 1 is 1.50 bits per heavy atom. The molecule has 0 aromatic heterocycles. The Morgan fingerprint density at radius 3 is 3.00 bits per heavy atom. The topological polar surface area (TPSA) is 82.0 Å². The van der Waals surface area contributed by atoms with E-state index >= 15 is 0 Å². The Bertz CT molecular complexity index is 470. The maximum Gasteiger partial charge on any atom is 0.273 e. The molecule has 0 bridgehead atoms. The van der Waals surface area contributed by atoms with Crippen LogP contribution in [0.5, 0.6) is 0 Å². The van der Waals surface area contributed by atoms with Crippen LogP contribution in [0.1, 0.15) is 0 Å². The van der Waals surface area contributed by atoms with E-state index in [4.69, 9.17) is 5.21 Å². The van der Waals surface area contributed by atoms with Crippen LogP contribution in [0.2, 0.25) is 0 Å². The first kappa shape index (κ1) is 10.2. The summed E-state index contributed by atoms with van der Waals surface area (Å²) >= 11 is 0. The SMILES string of the molecule is O=C1CN(C(=O)C=NO)c2ccccc2N1. The van der Waals surface area contributed by atoms with Crippen LogP contribution in [0.15, 0.2) is 29.4 Å². The minimum absolute atomic E-state index is 0.0815. The molecule has 6 nitrogen and oxygen atoms in total. The van der Waals surface area contributed by atoms with Gasteiger partial charge in [0, 0.05) is 0 Å². The van der Waals surface area contributed by atoms with Gasteiger partial charge in [0.25, 0.3) is 5.91 Å². The van der Waals surface area contributed by atoms with Crippen LogP contribution >= 0.6 is 0 Å². The first-order valence-corrected chi connectivity index (χ1v) is 4.60. The second kappa shape index (κ2) is 4.01. The third kappa shape index (κ3) is 1.72. The number of nitrogens with zero attached hydrogens (tertiary/aromatic N) is 2. The minimum atomic E-state index is -0.537. The lowest BCUT2D eigenvalue weighted by Gasteiger charge is -2.27. The molecule has 1 heterocycles. The summed E-state index contributed by atoms with van der Waals surface area (Å²) in [6, 6.07) is 6.92. The number of fused-ring (bicyclic) bond motifs is 1. The molecule has 0 spiro atoms. The quantitative estimate of drug-likeness (QED) is 0.408. The Morgan fingerprint density at radius 2 is 2.25 bits per heavy atom. The van der Waals surface area contributed by atoms with Gasteiger partial charge in [0.2, 0.25) is 5.91 Å². The highest BCUT2D eigenvalue weighted by atomic mass is 16.4. The fourth-order valence-corrected chi connectivity index (χ4v) is 1.55. The minimum Gasteiger partial charge on any atom is -0.411 e. The normalized spacial score (nSPS) is 14.8. The highest BCUT2D eigenvalue weighted by Crippen LogP contribution is 2.28. The van der Waals surface area contributed by atoms with E-state index in [1.54, 1.807) is 24.3 Å². The van der Waals surface area contributed by atoms with Crippen LogP contribution in [0.4, 0.5) is 11.4 Å². The fourth-order valence-electron chi connectivity index (χ4n) is 1.55. The van der Waals surface area contributed by atoms with Crippen molar-refractivity contribution in [3.8, 4) is 0 Å². The number of oxime groups is 1. The number of benzene rings is 1. The van der Waals surface area contributed by atoms with Crippen molar-refractivity contribution in [2.24, 2.45) is 5.16 Å². The van der Waals surface area contributed by atoms with Crippen molar-refractivity contribution in [3.05, 3.63) is 24.3 Å². The zero-order valence-corrected chi connectivity index (χ0v) is 8.25. The predicted molar refractivity (Wildman–Crippen MR) is 57.7 cm³/mol. The summed E-state index contributed by atoms with van der Waals surface area (Å²) < 4.78 is 0. The molecule has 0 radical (unpaired) electrons. The fraction of sp³-hybridized carbons (Fsp3) is 0.100. The molecule has 2 rings (SSSR count). The lowest BCUT2D eigenvalue weighted by atomic mass is 10.2. The lowest BCUT2D eigenvalue weighted by Crippen LogP contribution is -2.42. The lowest BCUT2D eigenvalue weighted by molar-refractivity contribution is -0.118. The Hall–Kier alpha value is -2.37. The van der Waals surface area contributed by atoms with E-state index in [1.165, 1.54) is 4.90 Å². The van der Waals surface area contributed by atoms with Crippen molar-refractivity contribution in [3.63, 3.8) is 0 Å². The largest absolute Gasteiger partial charge is 0.411 e. The average molecular weight is 219 g/mol. The van der Waals surface area contributed by atoms with Gasteiger partial charge in [-0.05, 0) is 12.1 Å². The van der Waals surface area contributed by atoms with Crippen molar-refractivity contribution in [2.45, 2.75) is 0 Å². The zero-order valence-electron chi connectivity index (χ0n) is 8.25. The van der Waals surface area contributed by atoms with Crippen molar-refractivity contribution < 1.29 is 14.8 Å². The van der Waals surface area contributed by atoms with E-state index in [2.05, 4.69) is 10.5 Å². The molecule has 82 valence electrons. The molecule has 2 amide bonds. The molecule has 1 aliphatic heterocycles.